The minimum Gasteiger partial charge on any atom is -0.292 e. The molecule has 0 aromatic heterocycles. The number of carbonyl (C=O) groups excluding carboxylic acids is 4. The van der Waals surface area contributed by atoms with Crippen molar-refractivity contribution >= 4 is 52.4 Å². The Morgan fingerprint density at radius 1 is 0.727 bits per heavy atom. The Labute approximate surface area is 260 Å². The molecule has 4 aliphatic rings. The number of imide groups is 1. The Morgan fingerprint density at radius 3 is 1.77 bits per heavy atom. The first-order valence-electron chi connectivity index (χ1n) is 13.8. The molecule has 0 N–H and O–H groups in total. The van der Waals surface area contributed by atoms with Gasteiger partial charge in [-0.1, -0.05) is 83.9 Å². The van der Waals surface area contributed by atoms with Crippen LogP contribution in [-0.2, 0) is 9.59 Å². The second-order valence-electron chi connectivity index (χ2n) is 11.0. The zero-order valence-electron chi connectivity index (χ0n) is 22.7. The van der Waals surface area contributed by atoms with Gasteiger partial charge in [0.1, 0.15) is 6.54 Å². The maximum atomic E-state index is 14.4. The number of ketones is 1. The van der Waals surface area contributed by atoms with Gasteiger partial charge < -0.3 is 0 Å². The highest BCUT2D eigenvalue weighted by Crippen LogP contribution is 2.61. The van der Waals surface area contributed by atoms with Gasteiger partial charge in [0.2, 0.25) is 0 Å². The molecule has 0 radical (unpaired) electrons. The van der Waals surface area contributed by atoms with Crippen molar-refractivity contribution in [3.8, 4) is 0 Å². The average Bonchev–Trinajstić information content (AvgIpc) is 3.30. The second kappa shape index (κ2) is 10.4. The van der Waals surface area contributed by atoms with Crippen molar-refractivity contribution < 1.29 is 24.1 Å². The number of amides is 3. The number of nitro groups is 1. The molecule has 4 aromatic carbocycles. The maximum absolute atomic E-state index is 14.4. The molecule has 1 fully saturated rings. The lowest BCUT2D eigenvalue weighted by molar-refractivity contribution is -0.384. The van der Waals surface area contributed by atoms with Gasteiger partial charge in [-0.05, 0) is 40.5 Å². The predicted molar refractivity (Wildman–Crippen MR) is 160 cm³/mol. The van der Waals surface area contributed by atoms with E-state index in [0.717, 1.165) is 38.3 Å². The first kappa shape index (κ1) is 27.9. The van der Waals surface area contributed by atoms with E-state index >= 15 is 0 Å². The third-order valence-corrected chi connectivity index (χ3v) is 9.48. The Bertz CT molecular complexity index is 1830. The van der Waals surface area contributed by atoms with E-state index in [2.05, 4.69) is 0 Å². The summed E-state index contributed by atoms with van der Waals surface area (Å²) in [5.74, 6) is -5.17. The molecule has 0 unspecified atom stereocenters. The van der Waals surface area contributed by atoms with Crippen molar-refractivity contribution in [1.29, 1.82) is 0 Å². The van der Waals surface area contributed by atoms with Crippen LogP contribution >= 0.6 is 23.2 Å². The molecule has 0 saturated carbocycles. The summed E-state index contributed by atoms with van der Waals surface area (Å²) in [7, 11) is 0. The molecule has 9 nitrogen and oxygen atoms in total. The number of benzene rings is 4. The molecule has 1 aliphatic heterocycles. The number of rotatable bonds is 6. The van der Waals surface area contributed by atoms with Crippen LogP contribution in [0.2, 0.25) is 10.0 Å². The Balaban J connectivity index is 1.33. The van der Waals surface area contributed by atoms with E-state index in [0.29, 0.717) is 0 Å². The topological polar surface area (TPSA) is 118 Å². The van der Waals surface area contributed by atoms with Crippen LogP contribution in [0.5, 0.6) is 0 Å². The van der Waals surface area contributed by atoms with Crippen LogP contribution in [0.15, 0.2) is 91.0 Å². The first-order valence-corrected chi connectivity index (χ1v) is 14.5. The summed E-state index contributed by atoms with van der Waals surface area (Å²) in [6.45, 7) is -0.730. The number of non-ortho nitro benzene ring substituents is 1. The molecule has 3 aliphatic carbocycles. The Morgan fingerprint density at radius 2 is 1.27 bits per heavy atom. The minimum atomic E-state index is -0.829. The fraction of sp³-hybridized carbons (Fsp3) is 0.152. The van der Waals surface area contributed by atoms with E-state index in [4.69, 9.17) is 23.2 Å². The zero-order chi connectivity index (χ0) is 30.9. The lowest BCUT2D eigenvalue weighted by Gasteiger charge is -2.45. The van der Waals surface area contributed by atoms with E-state index in [-0.39, 0.29) is 26.9 Å². The zero-order valence-corrected chi connectivity index (χ0v) is 24.2. The highest BCUT2D eigenvalue weighted by atomic mass is 35.5. The van der Waals surface area contributed by atoms with Crippen LogP contribution in [0.3, 0.4) is 0 Å². The molecule has 218 valence electrons. The maximum Gasteiger partial charge on any atom is 0.273 e. The van der Waals surface area contributed by atoms with Gasteiger partial charge >= 0.3 is 0 Å². The van der Waals surface area contributed by atoms with Crippen LogP contribution < -0.4 is 0 Å². The number of hydrogen-bond donors (Lipinski definition) is 0. The molecular formula is C33H21Cl2N3O6. The van der Waals surface area contributed by atoms with Gasteiger partial charge in [0.05, 0.1) is 26.8 Å². The van der Waals surface area contributed by atoms with Crippen molar-refractivity contribution in [2.75, 3.05) is 6.54 Å². The third-order valence-electron chi connectivity index (χ3n) is 8.74. The number of carbonyl (C=O) groups is 4. The standard InChI is InChI=1S/C33H21Cl2N3O6/c34-24-13-12-18(15-25(24)35)31(40)36(16-26(39)17-6-5-7-19(14-17)38(43)44)37-32(41)29-27-20-8-1-2-9-21(20)28(30(29)33(37)42)23-11-4-3-10-22(23)27/h1-15,27-30H,16H2/t27?,28?,29-,30+. The quantitative estimate of drug-likeness (QED) is 0.112. The summed E-state index contributed by atoms with van der Waals surface area (Å²) in [5.41, 5.74) is 3.44. The second-order valence-corrected chi connectivity index (χ2v) is 11.8. The highest BCUT2D eigenvalue weighted by Gasteiger charge is 2.63. The van der Waals surface area contributed by atoms with E-state index < -0.39 is 58.6 Å². The molecule has 44 heavy (non-hydrogen) atoms. The molecular weight excluding hydrogens is 605 g/mol. The van der Waals surface area contributed by atoms with Crippen molar-refractivity contribution in [3.63, 3.8) is 0 Å². The highest BCUT2D eigenvalue weighted by molar-refractivity contribution is 6.42. The molecule has 2 bridgehead atoms. The van der Waals surface area contributed by atoms with Crippen molar-refractivity contribution in [1.82, 2.24) is 10.0 Å². The molecule has 0 spiro atoms. The number of halogens is 2. The summed E-state index contributed by atoms with van der Waals surface area (Å²) < 4.78 is 0. The van der Waals surface area contributed by atoms with Gasteiger partial charge in [0.25, 0.3) is 23.4 Å². The van der Waals surface area contributed by atoms with Crippen LogP contribution in [0, 0.1) is 22.0 Å². The predicted octanol–water partition coefficient (Wildman–Crippen LogP) is 6.03. The fourth-order valence-electron chi connectivity index (χ4n) is 6.93. The molecule has 8 rings (SSSR count). The SMILES string of the molecule is O=C(CN(C(=O)c1ccc(Cl)c(Cl)c1)N1C(=O)[C@@H]2C3c4ccccc4C(c4ccccc43)[C@@H]2C1=O)c1cccc([N+](=O)[O-])c1. The number of nitrogens with zero attached hydrogens (tertiary/aromatic N) is 3. The van der Waals surface area contributed by atoms with E-state index in [9.17, 15) is 29.3 Å². The van der Waals surface area contributed by atoms with Crippen molar-refractivity contribution in [3.05, 3.63) is 145 Å². The minimum absolute atomic E-state index is 0.00346. The molecule has 3 amide bonds. The lowest BCUT2D eigenvalue weighted by atomic mass is 9.55. The van der Waals surface area contributed by atoms with Crippen LogP contribution in [0.25, 0.3) is 0 Å². The summed E-state index contributed by atoms with van der Waals surface area (Å²) in [6.07, 6.45) is 0. The molecule has 1 heterocycles. The monoisotopic (exact) mass is 625 g/mol. The van der Waals surface area contributed by atoms with Gasteiger partial charge in [-0.15, -0.1) is 0 Å². The van der Waals surface area contributed by atoms with E-state index in [1.165, 1.54) is 36.4 Å². The summed E-state index contributed by atoms with van der Waals surface area (Å²) in [5, 5.41) is 13.2. The van der Waals surface area contributed by atoms with Crippen LogP contribution in [-0.4, -0.2) is 45.0 Å². The fourth-order valence-corrected chi connectivity index (χ4v) is 7.23. The van der Waals surface area contributed by atoms with E-state index in [1.807, 2.05) is 48.5 Å². The number of Topliss-reactive ketones (excluding diaryl/α,β-unsaturated/α-hetero) is 1. The summed E-state index contributed by atoms with van der Waals surface area (Å²) >= 11 is 12.3. The lowest BCUT2D eigenvalue weighted by Crippen LogP contribution is -2.52. The molecule has 11 heteroatoms. The normalized spacial score (nSPS) is 21.0. The third kappa shape index (κ3) is 4.15. The van der Waals surface area contributed by atoms with E-state index in [1.54, 1.807) is 0 Å². The van der Waals surface area contributed by atoms with Gasteiger partial charge in [0, 0.05) is 35.1 Å². The smallest absolute Gasteiger partial charge is 0.273 e. The first-order chi connectivity index (χ1) is 21.2. The van der Waals surface area contributed by atoms with Crippen LogP contribution in [0.1, 0.15) is 54.8 Å². The molecule has 2 atom stereocenters. The molecule has 4 aromatic rings. The van der Waals surface area contributed by atoms with Gasteiger partial charge in [-0.25, -0.2) is 5.01 Å². The van der Waals surface area contributed by atoms with Gasteiger partial charge in [0.15, 0.2) is 5.78 Å². The summed E-state index contributed by atoms with van der Waals surface area (Å²) in [4.78, 5) is 67.1. The van der Waals surface area contributed by atoms with Gasteiger partial charge in [-0.2, -0.15) is 5.01 Å². The number of hydrogen-bond acceptors (Lipinski definition) is 6. The number of hydrazine groups is 1. The van der Waals surface area contributed by atoms with Crippen molar-refractivity contribution in [2.45, 2.75) is 11.8 Å². The van der Waals surface area contributed by atoms with Gasteiger partial charge in [-0.3, -0.25) is 29.3 Å². The number of nitro benzene ring substituents is 1. The Kier molecular flexibility index (Phi) is 6.60. The largest absolute Gasteiger partial charge is 0.292 e. The summed E-state index contributed by atoms with van der Waals surface area (Å²) in [6, 6.07) is 24.6. The van der Waals surface area contributed by atoms with Crippen LogP contribution in [0.4, 0.5) is 5.69 Å². The average molecular weight is 626 g/mol. The molecule has 1 saturated heterocycles. The van der Waals surface area contributed by atoms with Crippen molar-refractivity contribution in [2.24, 2.45) is 11.8 Å². The Hall–Kier alpha value is -4.86.